The van der Waals surface area contributed by atoms with Gasteiger partial charge in [-0.05, 0) is 24.3 Å². The number of amides is 1. The molecular weight excluding hydrogens is 334 g/mol. The second-order valence-electron chi connectivity index (χ2n) is 6.13. The van der Waals surface area contributed by atoms with Crippen LogP contribution in [-0.4, -0.2) is 41.6 Å². The molecule has 1 aromatic heterocycles. The van der Waals surface area contributed by atoms with Crippen LogP contribution in [0.3, 0.4) is 0 Å². The van der Waals surface area contributed by atoms with Crippen LogP contribution in [0.4, 0.5) is 5.69 Å². The van der Waals surface area contributed by atoms with Gasteiger partial charge in [-0.15, -0.1) is 0 Å². The number of nitrogens with zero attached hydrogens (tertiary/aromatic N) is 3. The van der Waals surface area contributed by atoms with E-state index in [1.807, 2.05) is 47.4 Å². The first-order valence-electron chi connectivity index (χ1n) is 8.38. The number of anilines is 1. The maximum Gasteiger partial charge on any atom is 0.308 e. The number of benzene rings is 2. The highest BCUT2D eigenvalue weighted by Crippen LogP contribution is 2.18. The Balaban J connectivity index is 1.44. The lowest BCUT2D eigenvalue weighted by molar-refractivity contribution is -0.132. The summed E-state index contributed by atoms with van der Waals surface area (Å²) in [7, 11) is 0. The summed E-state index contributed by atoms with van der Waals surface area (Å²) >= 11 is 1.19. The highest BCUT2D eigenvalue weighted by Gasteiger charge is 2.22. The monoisotopic (exact) mass is 353 g/mol. The highest BCUT2D eigenvalue weighted by molar-refractivity contribution is 7.16. The van der Waals surface area contributed by atoms with Gasteiger partial charge in [0.2, 0.25) is 5.91 Å². The van der Waals surface area contributed by atoms with Crippen LogP contribution in [0, 0.1) is 0 Å². The Kier molecular flexibility index (Phi) is 4.28. The van der Waals surface area contributed by atoms with Gasteiger partial charge in [-0.25, -0.2) is 0 Å². The van der Waals surface area contributed by atoms with Gasteiger partial charge in [0.15, 0.2) is 0 Å². The van der Waals surface area contributed by atoms with Gasteiger partial charge >= 0.3 is 4.87 Å². The Hall–Kier alpha value is -2.60. The van der Waals surface area contributed by atoms with Crippen LogP contribution in [0.5, 0.6) is 0 Å². The van der Waals surface area contributed by atoms with E-state index in [-0.39, 0.29) is 17.3 Å². The molecule has 128 valence electrons. The predicted octanol–water partition coefficient (Wildman–Crippen LogP) is 2.41. The van der Waals surface area contributed by atoms with Crippen LogP contribution < -0.4 is 9.77 Å². The fourth-order valence-electron chi connectivity index (χ4n) is 3.25. The van der Waals surface area contributed by atoms with Gasteiger partial charge in [0.05, 0.1) is 10.2 Å². The van der Waals surface area contributed by atoms with E-state index in [9.17, 15) is 9.59 Å². The van der Waals surface area contributed by atoms with E-state index < -0.39 is 0 Å². The molecular formula is C19H19N3O2S. The van der Waals surface area contributed by atoms with Crippen molar-refractivity contribution in [3.63, 3.8) is 0 Å². The third-order valence-electron chi connectivity index (χ3n) is 4.62. The van der Waals surface area contributed by atoms with Crippen molar-refractivity contribution < 1.29 is 4.79 Å². The Morgan fingerprint density at radius 1 is 0.920 bits per heavy atom. The Morgan fingerprint density at radius 2 is 1.60 bits per heavy atom. The van der Waals surface area contributed by atoms with E-state index >= 15 is 0 Å². The van der Waals surface area contributed by atoms with E-state index in [2.05, 4.69) is 17.0 Å². The average molecular weight is 353 g/mol. The lowest BCUT2D eigenvalue weighted by Gasteiger charge is -2.36. The smallest absolute Gasteiger partial charge is 0.308 e. The molecule has 2 aromatic carbocycles. The van der Waals surface area contributed by atoms with E-state index in [0.717, 1.165) is 23.3 Å². The topological polar surface area (TPSA) is 45.6 Å². The van der Waals surface area contributed by atoms with Crippen molar-refractivity contribution in [1.29, 1.82) is 0 Å². The zero-order chi connectivity index (χ0) is 17.2. The van der Waals surface area contributed by atoms with E-state index in [0.29, 0.717) is 13.1 Å². The number of rotatable bonds is 3. The summed E-state index contributed by atoms with van der Waals surface area (Å²) in [5.74, 6) is 0.0124. The molecule has 0 N–H and O–H groups in total. The fourth-order valence-corrected chi connectivity index (χ4v) is 4.14. The van der Waals surface area contributed by atoms with E-state index in [1.54, 1.807) is 4.57 Å². The molecule has 4 rings (SSSR count). The maximum absolute atomic E-state index is 12.7. The first-order chi connectivity index (χ1) is 12.2. The largest absolute Gasteiger partial charge is 0.368 e. The quantitative estimate of drug-likeness (QED) is 0.726. The molecule has 3 aromatic rings. The van der Waals surface area contributed by atoms with Crippen LogP contribution in [0.2, 0.25) is 0 Å². The maximum atomic E-state index is 12.7. The molecule has 0 aliphatic carbocycles. The molecule has 25 heavy (non-hydrogen) atoms. The van der Waals surface area contributed by atoms with Crippen molar-refractivity contribution in [1.82, 2.24) is 9.47 Å². The van der Waals surface area contributed by atoms with Gasteiger partial charge < -0.3 is 9.80 Å². The Morgan fingerprint density at radius 3 is 2.36 bits per heavy atom. The van der Waals surface area contributed by atoms with E-state index in [4.69, 9.17) is 0 Å². The van der Waals surface area contributed by atoms with Crippen LogP contribution >= 0.6 is 11.3 Å². The molecule has 0 radical (unpaired) electrons. The first kappa shape index (κ1) is 15.9. The lowest BCUT2D eigenvalue weighted by atomic mass is 10.2. The third-order valence-corrected chi connectivity index (χ3v) is 5.58. The fraction of sp³-hybridized carbons (Fsp3) is 0.263. The zero-order valence-corrected chi connectivity index (χ0v) is 14.6. The normalized spacial score (nSPS) is 14.9. The van der Waals surface area contributed by atoms with E-state index in [1.165, 1.54) is 17.0 Å². The van der Waals surface area contributed by atoms with Crippen LogP contribution in [-0.2, 0) is 11.3 Å². The van der Waals surface area contributed by atoms with Crippen LogP contribution in [0.25, 0.3) is 10.2 Å². The molecule has 1 aliphatic heterocycles. The molecule has 0 spiro atoms. The molecule has 5 nitrogen and oxygen atoms in total. The molecule has 1 fully saturated rings. The second-order valence-corrected chi connectivity index (χ2v) is 7.12. The van der Waals surface area contributed by atoms with Crippen molar-refractivity contribution in [2.45, 2.75) is 6.54 Å². The van der Waals surface area contributed by atoms with Crippen molar-refractivity contribution in [3.05, 3.63) is 64.3 Å². The number of thiazole rings is 1. The molecule has 1 saturated heterocycles. The highest BCUT2D eigenvalue weighted by atomic mass is 32.1. The zero-order valence-electron chi connectivity index (χ0n) is 13.8. The number of hydrogen-bond acceptors (Lipinski definition) is 4. The number of piperazine rings is 1. The van der Waals surface area contributed by atoms with Gasteiger partial charge in [-0.1, -0.05) is 41.7 Å². The second kappa shape index (κ2) is 6.72. The Labute approximate surface area is 149 Å². The van der Waals surface area contributed by atoms with Crippen molar-refractivity contribution >= 4 is 33.1 Å². The van der Waals surface area contributed by atoms with Crippen molar-refractivity contribution in [2.75, 3.05) is 31.1 Å². The molecule has 1 amide bonds. The molecule has 6 heteroatoms. The van der Waals surface area contributed by atoms with Gasteiger partial charge in [0, 0.05) is 31.9 Å². The van der Waals surface area contributed by atoms with Crippen LogP contribution in [0.15, 0.2) is 59.4 Å². The Bertz CT molecular complexity index is 940. The summed E-state index contributed by atoms with van der Waals surface area (Å²) in [6, 6.07) is 17.9. The number of carbonyl (C=O) groups excluding carboxylic acids is 1. The van der Waals surface area contributed by atoms with Gasteiger partial charge in [0.25, 0.3) is 0 Å². The number of carbonyl (C=O) groups is 1. The SMILES string of the molecule is O=C(Cn1c(=O)sc2ccccc21)N1CCN(c2ccccc2)CC1. The summed E-state index contributed by atoms with van der Waals surface area (Å²) in [6.07, 6.45) is 0. The average Bonchev–Trinajstić information content (AvgIpc) is 2.98. The minimum absolute atomic E-state index is 0.0124. The summed E-state index contributed by atoms with van der Waals surface area (Å²) in [5, 5.41) is 0. The molecule has 0 atom stereocenters. The van der Waals surface area contributed by atoms with Gasteiger partial charge in [-0.3, -0.25) is 14.2 Å². The first-order valence-corrected chi connectivity index (χ1v) is 9.20. The molecule has 1 aliphatic rings. The predicted molar refractivity (Wildman–Crippen MR) is 101 cm³/mol. The number of hydrogen-bond donors (Lipinski definition) is 0. The van der Waals surface area contributed by atoms with Gasteiger partial charge in [0.1, 0.15) is 6.54 Å². The van der Waals surface area contributed by atoms with Crippen molar-refractivity contribution in [2.24, 2.45) is 0 Å². The third kappa shape index (κ3) is 3.17. The summed E-state index contributed by atoms with van der Waals surface area (Å²) in [5.41, 5.74) is 2.03. The number of fused-ring (bicyclic) bond motifs is 1. The molecule has 2 heterocycles. The summed E-state index contributed by atoms with van der Waals surface area (Å²) < 4.78 is 2.51. The van der Waals surface area contributed by atoms with Crippen LogP contribution in [0.1, 0.15) is 0 Å². The minimum Gasteiger partial charge on any atom is -0.368 e. The molecule has 0 saturated carbocycles. The van der Waals surface area contributed by atoms with Gasteiger partial charge in [-0.2, -0.15) is 0 Å². The molecule has 0 unspecified atom stereocenters. The van der Waals surface area contributed by atoms with Crippen molar-refractivity contribution in [3.8, 4) is 0 Å². The minimum atomic E-state index is -0.0718. The number of aromatic nitrogens is 1. The molecule has 0 bridgehead atoms. The summed E-state index contributed by atoms with van der Waals surface area (Å²) in [6.45, 7) is 3.12. The summed E-state index contributed by atoms with van der Waals surface area (Å²) in [4.78, 5) is 28.9. The standard InChI is InChI=1S/C19H19N3O2S/c23-18(14-22-16-8-4-5-9-17(16)25-19(22)24)21-12-10-20(11-13-21)15-6-2-1-3-7-15/h1-9H,10-14H2. The number of para-hydroxylation sites is 2. The lowest BCUT2D eigenvalue weighted by Crippen LogP contribution is -2.50.